The molecule has 1 fully saturated rings. The van der Waals surface area contributed by atoms with Crippen LogP contribution in [0.3, 0.4) is 0 Å². The minimum atomic E-state index is -0.559. The average molecular weight is 360 g/mol. The predicted octanol–water partition coefficient (Wildman–Crippen LogP) is 2.91. The maximum Gasteiger partial charge on any atom is 0.338 e. The van der Waals surface area contributed by atoms with Gasteiger partial charge in [-0.25, -0.2) is 9.79 Å². The molecule has 7 heteroatoms. The number of hydrogen-bond donors (Lipinski definition) is 0. The molecule has 0 saturated carbocycles. The van der Waals surface area contributed by atoms with Gasteiger partial charge in [-0.15, -0.1) is 0 Å². The Morgan fingerprint density at radius 1 is 1.40 bits per heavy atom. The van der Waals surface area contributed by atoms with E-state index >= 15 is 0 Å². The third-order valence-corrected chi connectivity index (χ3v) is 4.89. The van der Waals surface area contributed by atoms with E-state index in [1.165, 1.54) is 11.8 Å². The monoisotopic (exact) mass is 360 g/mol. The van der Waals surface area contributed by atoms with E-state index in [0.717, 1.165) is 5.56 Å². The number of carbonyl (C=O) groups is 2. The highest BCUT2D eigenvalue weighted by Crippen LogP contribution is 2.41. The van der Waals surface area contributed by atoms with E-state index in [4.69, 9.17) is 9.47 Å². The highest BCUT2D eigenvalue weighted by atomic mass is 32.2. The number of methoxy groups -OCH3 is 1. The lowest BCUT2D eigenvalue weighted by molar-refractivity contribution is -0.143. The number of esters is 1. The van der Waals surface area contributed by atoms with Crippen molar-refractivity contribution in [3.63, 3.8) is 0 Å². The van der Waals surface area contributed by atoms with Crippen LogP contribution in [0.5, 0.6) is 5.75 Å². The van der Waals surface area contributed by atoms with Gasteiger partial charge in [0, 0.05) is 0 Å². The summed E-state index contributed by atoms with van der Waals surface area (Å²) in [6, 6.07) is 6.82. The molecule has 0 aromatic heterocycles. The molecule has 3 rings (SSSR count). The second-order valence-electron chi connectivity index (χ2n) is 6.08. The second kappa shape index (κ2) is 6.92. The number of ether oxygens (including phenoxy) is 2. The Kier molecular flexibility index (Phi) is 4.85. The van der Waals surface area contributed by atoms with Gasteiger partial charge in [0.15, 0.2) is 5.17 Å². The van der Waals surface area contributed by atoms with Crippen LogP contribution >= 0.6 is 11.8 Å². The van der Waals surface area contributed by atoms with Crippen LogP contribution in [0.1, 0.15) is 32.4 Å². The van der Waals surface area contributed by atoms with E-state index in [9.17, 15) is 9.59 Å². The van der Waals surface area contributed by atoms with Gasteiger partial charge >= 0.3 is 5.97 Å². The number of carbonyl (C=O) groups excluding carboxylic acids is 2. The summed E-state index contributed by atoms with van der Waals surface area (Å²) in [6.07, 6.45) is -0.257. The Morgan fingerprint density at radius 2 is 2.16 bits per heavy atom. The summed E-state index contributed by atoms with van der Waals surface area (Å²) >= 11 is 1.38. The standard InChI is InChI=1S/C18H20N2O4S/c1-10(2)24-17(22)15-11(3)19-18-20(14(21)9-25-18)16(15)12-6-5-7-13(8-12)23-4/h5-8,10,16H,9H2,1-4H3. The first-order valence-corrected chi connectivity index (χ1v) is 9.00. The molecule has 0 spiro atoms. The molecule has 1 unspecified atom stereocenters. The van der Waals surface area contributed by atoms with Crippen molar-refractivity contribution in [2.24, 2.45) is 4.99 Å². The second-order valence-corrected chi connectivity index (χ2v) is 7.02. The minimum absolute atomic E-state index is 0.0704. The highest BCUT2D eigenvalue weighted by molar-refractivity contribution is 8.15. The van der Waals surface area contributed by atoms with Crippen molar-refractivity contribution in [3.05, 3.63) is 41.1 Å². The summed E-state index contributed by atoms with van der Waals surface area (Å²) in [6.45, 7) is 5.36. The number of rotatable bonds is 4. The first-order chi connectivity index (χ1) is 11.9. The normalized spacial score (nSPS) is 19.9. The van der Waals surface area contributed by atoms with E-state index in [1.54, 1.807) is 32.8 Å². The zero-order chi connectivity index (χ0) is 18.1. The summed E-state index contributed by atoms with van der Waals surface area (Å²) in [4.78, 5) is 31.2. The molecule has 0 bridgehead atoms. The molecule has 1 aromatic rings. The first-order valence-electron chi connectivity index (χ1n) is 8.01. The number of hydrogen-bond acceptors (Lipinski definition) is 6. The van der Waals surface area contributed by atoms with Crippen LogP contribution in [-0.2, 0) is 14.3 Å². The first kappa shape index (κ1) is 17.5. The average Bonchev–Trinajstić information content (AvgIpc) is 2.93. The van der Waals surface area contributed by atoms with Gasteiger partial charge in [-0.2, -0.15) is 0 Å². The van der Waals surface area contributed by atoms with E-state index in [1.807, 2.05) is 24.3 Å². The molecule has 0 aliphatic carbocycles. The molecule has 1 amide bonds. The van der Waals surface area contributed by atoms with Crippen LogP contribution in [0.25, 0.3) is 0 Å². The lowest BCUT2D eigenvalue weighted by Crippen LogP contribution is -2.40. The molecule has 1 saturated heterocycles. The Bertz CT molecular complexity index is 785. The summed E-state index contributed by atoms with van der Waals surface area (Å²) in [5, 5.41) is 0.622. The number of aliphatic imine (C=N–C) groups is 1. The number of nitrogens with zero attached hydrogens (tertiary/aromatic N) is 2. The van der Waals surface area contributed by atoms with Crippen LogP contribution in [-0.4, -0.2) is 40.9 Å². The van der Waals surface area contributed by atoms with Crippen LogP contribution < -0.4 is 4.74 Å². The van der Waals surface area contributed by atoms with E-state index < -0.39 is 12.0 Å². The molecule has 6 nitrogen and oxygen atoms in total. The van der Waals surface area contributed by atoms with Gasteiger partial charge in [-0.1, -0.05) is 23.9 Å². The largest absolute Gasteiger partial charge is 0.497 e. The lowest BCUT2D eigenvalue weighted by atomic mass is 9.94. The number of fused-ring (bicyclic) bond motifs is 1. The fourth-order valence-corrected chi connectivity index (χ4v) is 3.85. The summed E-state index contributed by atoms with van der Waals surface area (Å²) in [5.41, 5.74) is 1.76. The molecule has 2 heterocycles. The summed E-state index contributed by atoms with van der Waals surface area (Å²) in [5.74, 6) is 0.459. The van der Waals surface area contributed by atoms with Crippen molar-refractivity contribution in [1.82, 2.24) is 4.90 Å². The number of thioether (sulfide) groups is 1. The fraction of sp³-hybridized carbons (Fsp3) is 0.389. The lowest BCUT2D eigenvalue weighted by Gasteiger charge is -2.33. The third kappa shape index (κ3) is 3.28. The van der Waals surface area contributed by atoms with Crippen LogP contribution in [0, 0.1) is 0 Å². The number of amidine groups is 1. The van der Waals surface area contributed by atoms with Gasteiger partial charge in [0.1, 0.15) is 5.75 Å². The summed E-state index contributed by atoms with van der Waals surface area (Å²) < 4.78 is 10.7. The number of benzene rings is 1. The Balaban J connectivity index is 2.12. The maximum atomic E-state index is 12.7. The van der Waals surface area contributed by atoms with Crippen LogP contribution in [0.15, 0.2) is 40.5 Å². The smallest absolute Gasteiger partial charge is 0.338 e. The van der Waals surface area contributed by atoms with Gasteiger partial charge in [0.25, 0.3) is 0 Å². The van der Waals surface area contributed by atoms with Crippen molar-refractivity contribution < 1.29 is 19.1 Å². The van der Waals surface area contributed by atoms with Gasteiger partial charge in [-0.05, 0) is 38.5 Å². The fourth-order valence-electron chi connectivity index (χ4n) is 2.91. The van der Waals surface area contributed by atoms with E-state index in [2.05, 4.69) is 4.99 Å². The van der Waals surface area contributed by atoms with Crippen molar-refractivity contribution in [1.29, 1.82) is 0 Å². The Hall–Kier alpha value is -2.28. The molecule has 2 aliphatic rings. The Labute approximate surface area is 150 Å². The SMILES string of the molecule is COc1cccc(C2C(C(=O)OC(C)C)=C(C)N=C3SCC(=O)N32)c1. The molecular weight excluding hydrogens is 340 g/mol. The van der Waals surface area contributed by atoms with Crippen LogP contribution in [0.4, 0.5) is 0 Å². The topological polar surface area (TPSA) is 68.2 Å². The van der Waals surface area contributed by atoms with Crippen LogP contribution in [0.2, 0.25) is 0 Å². The van der Waals surface area contributed by atoms with Crippen molar-refractivity contribution in [3.8, 4) is 5.75 Å². The van der Waals surface area contributed by atoms with Gasteiger partial charge < -0.3 is 9.47 Å². The highest BCUT2D eigenvalue weighted by Gasteiger charge is 2.43. The van der Waals surface area contributed by atoms with Gasteiger partial charge in [-0.3, -0.25) is 9.69 Å². The molecule has 2 aliphatic heterocycles. The van der Waals surface area contributed by atoms with E-state index in [0.29, 0.717) is 27.9 Å². The molecular formula is C18H20N2O4S. The Morgan fingerprint density at radius 3 is 2.84 bits per heavy atom. The molecule has 0 radical (unpaired) electrons. The summed E-state index contributed by atoms with van der Waals surface area (Å²) in [7, 11) is 1.58. The maximum absolute atomic E-state index is 12.7. The molecule has 25 heavy (non-hydrogen) atoms. The minimum Gasteiger partial charge on any atom is -0.497 e. The van der Waals surface area contributed by atoms with E-state index in [-0.39, 0.29) is 12.0 Å². The number of amides is 1. The molecule has 132 valence electrons. The molecule has 1 atom stereocenters. The molecule has 1 aromatic carbocycles. The van der Waals surface area contributed by atoms with Crippen molar-refractivity contribution in [2.45, 2.75) is 32.9 Å². The zero-order valence-corrected chi connectivity index (χ0v) is 15.4. The van der Waals surface area contributed by atoms with Gasteiger partial charge in [0.2, 0.25) is 5.91 Å². The molecule has 0 N–H and O–H groups in total. The third-order valence-electron chi connectivity index (χ3n) is 3.96. The van der Waals surface area contributed by atoms with Gasteiger partial charge in [0.05, 0.1) is 36.3 Å². The van der Waals surface area contributed by atoms with Crippen molar-refractivity contribution >= 4 is 28.8 Å². The predicted molar refractivity (Wildman–Crippen MR) is 96.4 cm³/mol. The van der Waals surface area contributed by atoms with Crippen molar-refractivity contribution in [2.75, 3.05) is 12.9 Å². The zero-order valence-electron chi connectivity index (χ0n) is 14.6. The number of allylic oxidation sites excluding steroid dienone is 1. The quantitative estimate of drug-likeness (QED) is 0.772.